The number of hydrogen-bond donors (Lipinski definition) is 3. The highest BCUT2D eigenvalue weighted by Crippen LogP contribution is 2.24. The van der Waals surface area contributed by atoms with E-state index in [1.807, 2.05) is 12.1 Å². The molecule has 0 aliphatic rings. The van der Waals surface area contributed by atoms with Crippen molar-refractivity contribution in [1.82, 2.24) is 0 Å². The molecule has 2 rings (SSSR count). The van der Waals surface area contributed by atoms with E-state index in [-0.39, 0.29) is 11.0 Å². The number of hydrogen-bond acceptors (Lipinski definition) is 4. The molecule has 0 bridgehead atoms. The van der Waals surface area contributed by atoms with Gasteiger partial charge in [-0.3, -0.25) is 0 Å². The highest BCUT2D eigenvalue weighted by molar-refractivity contribution is 5.88. The van der Waals surface area contributed by atoms with E-state index < -0.39 is 5.97 Å². The Morgan fingerprint density at radius 1 is 1.04 bits per heavy atom. The first-order chi connectivity index (χ1) is 11.3. The van der Waals surface area contributed by atoms with Gasteiger partial charge in [0.05, 0.1) is 5.56 Å². The molecule has 0 amide bonds. The molecule has 0 saturated heterocycles. The van der Waals surface area contributed by atoms with Crippen LogP contribution in [0.4, 0.5) is 5.69 Å². The van der Waals surface area contributed by atoms with E-state index >= 15 is 0 Å². The number of rotatable bonds is 5. The summed E-state index contributed by atoms with van der Waals surface area (Å²) in [6.07, 6.45) is 1.63. The van der Waals surface area contributed by atoms with E-state index in [4.69, 9.17) is 10.6 Å². The summed E-state index contributed by atoms with van der Waals surface area (Å²) in [6, 6.07) is 14.3. The maximum atomic E-state index is 10.9. The van der Waals surface area contributed by atoms with Crippen LogP contribution in [0.25, 0.3) is 5.70 Å². The summed E-state index contributed by atoms with van der Waals surface area (Å²) in [5.41, 5.74) is 10.9. The average Bonchev–Trinajstić information content (AvgIpc) is 2.55. The molecule has 0 aromatic heterocycles. The number of carbonyl (C=O) groups is 1. The molecule has 0 heterocycles. The van der Waals surface area contributed by atoms with Crippen molar-refractivity contribution in [2.45, 2.75) is 26.2 Å². The Kier molecular flexibility index (Phi) is 5.14. The molecule has 0 saturated carbocycles. The third-order valence-electron chi connectivity index (χ3n) is 3.67. The molecular formula is C19H21N3O2. The van der Waals surface area contributed by atoms with Gasteiger partial charge in [-0.2, -0.15) is 5.11 Å². The number of carboxylic acids is 1. The molecular weight excluding hydrogens is 302 g/mol. The van der Waals surface area contributed by atoms with Crippen molar-refractivity contribution in [3.63, 3.8) is 0 Å². The van der Waals surface area contributed by atoms with Crippen LogP contribution in [0.5, 0.6) is 0 Å². The van der Waals surface area contributed by atoms with Gasteiger partial charge < -0.3 is 10.4 Å². The number of aromatic carboxylic acids is 1. The first-order valence-corrected chi connectivity index (χ1v) is 7.60. The summed E-state index contributed by atoms with van der Waals surface area (Å²) in [5.74, 6) is -0.980. The average molecular weight is 323 g/mol. The van der Waals surface area contributed by atoms with Gasteiger partial charge in [0.25, 0.3) is 0 Å². The number of benzene rings is 2. The topological polar surface area (TPSA) is 85.5 Å². The Morgan fingerprint density at radius 2 is 1.58 bits per heavy atom. The Morgan fingerprint density at radius 3 is 2.04 bits per heavy atom. The smallest absolute Gasteiger partial charge is 0.335 e. The third kappa shape index (κ3) is 4.29. The predicted octanol–water partition coefficient (Wildman–Crippen LogP) is 5.12. The quantitative estimate of drug-likeness (QED) is 0.667. The van der Waals surface area contributed by atoms with E-state index in [1.165, 1.54) is 17.7 Å². The summed E-state index contributed by atoms with van der Waals surface area (Å²) >= 11 is 0. The van der Waals surface area contributed by atoms with Crippen LogP contribution in [0.2, 0.25) is 0 Å². The van der Waals surface area contributed by atoms with Crippen molar-refractivity contribution in [3.05, 3.63) is 71.4 Å². The van der Waals surface area contributed by atoms with Crippen LogP contribution < -0.4 is 5.32 Å². The van der Waals surface area contributed by atoms with Crippen molar-refractivity contribution >= 4 is 17.4 Å². The summed E-state index contributed by atoms with van der Waals surface area (Å²) in [6.45, 7) is 6.48. The zero-order chi connectivity index (χ0) is 17.7. The normalized spacial score (nSPS) is 11.9. The molecule has 124 valence electrons. The van der Waals surface area contributed by atoms with Crippen LogP contribution in [-0.4, -0.2) is 11.1 Å². The SMILES string of the molecule is CC(C)(C)c1ccc(N/C=C(\N=N)c2ccc(C(=O)O)cc2)cc1. The van der Waals surface area contributed by atoms with E-state index in [1.54, 1.807) is 18.3 Å². The minimum atomic E-state index is -0.980. The Bertz CT molecular complexity index is 755. The molecule has 0 fully saturated rings. The summed E-state index contributed by atoms with van der Waals surface area (Å²) in [4.78, 5) is 10.9. The van der Waals surface area contributed by atoms with Gasteiger partial charge in [-0.15, -0.1) is 0 Å². The molecule has 2 aromatic rings. The van der Waals surface area contributed by atoms with Gasteiger partial charge in [0, 0.05) is 17.5 Å². The van der Waals surface area contributed by atoms with E-state index in [0.717, 1.165) is 5.69 Å². The standard InChI is InChI=1S/C19H21N3O2/c1-19(2,3)15-8-10-16(11-9-15)21-12-17(22-20)13-4-6-14(7-5-13)18(23)24/h4-12,20-21H,1-3H3,(H,23,24)/b17-12-,22-20?. The lowest BCUT2D eigenvalue weighted by Crippen LogP contribution is -2.10. The largest absolute Gasteiger partial charge is 0.478 e. The fourth-order valence-corrected chi connectivity index (χ4v) is 2.18. The monoisotopic (exact) mass is 323 g/mol. The molecule has 0 aliphatic carbocycles. The summed E-state index contributed by atoms with van der Waals surface area (Å²) < 4.78 is 0. The van der Waals surface area contributed by atoms with Crippen molar-refractivity contribution in [2.75, 3.05) is 5.32 Å². The first kappa shape index (κ1) is 17.4. The van der Waals surface area contributed by atoms with Gasteiger partial charge in [-0.25, -0.2) is 10.3 Å². The van der Waals surface area contributed by atoms with Crippen LogP contribution in [-0.2, 0) is 5.41 Å². The van der Waals surface area contributed by atoms with Gasteiger partial charge in [0.2, 0.25) is 0 Å². The Hall–Kier alpha value is -2.95. The van der Waals surface area contributed by atoms with Gasteiger partial charge in [0.1, 0.15) is 5.70 Å². The fraction of sp³-hybridized carbons (Fsp3) is 0.211. The molecule has 2 aromatic carbocycles. The zero-order valence-corrected chi connectivity index (χ0v) is 14.0. The molecule has 3 N–H and O–H groups in total. The second kappa shape index (κ2) is 7.08. The van der Waals surface area contributed by atoms with Crippen molar-refractivity contribution in [3.8, 4) is 0 Å². The van der Waals surface area contributed by atoms with Crippen molar-refractivity contribution in [1.29, 1.82) is 5.53 Å². The van der Waals surface area contributed by atoms with Crippen LogP contribution in [0.3, 0.4) is 0 Å². The second-order valence-electron chi connectivity index (χ2n) is 6.50. The zero-order valence-electron chi connectivity index (χ0n) is 14.0. The van der Waals surface area contributed by atoms with Crippen LogP contribution in [0.15, 0.2) is 59.8 Å². The lowest BCUT2D eigenvalue weighted by atomic mass is 9.87. The molecule has 5 heteroatoms. The number of nitrogens with one attached hydrogen (secondary N) is 2. The molecule has 0 radical (unpaired) electrons. The molecule has 0 spiro atoms. The maximum Gasteiger partial charge on any atom is 0.335 e. The van der Waals surface area contributed by atoms with E-state index in [9.17, 15) is 4.79 Å². The van der Waals surface area contributed by atoms with Crippen molar-refractivity contribution < 1.29 is 9.90 Å². The van der Waals surface area contributed by atoms with Crippen LogP contribution in [0.1, 0.15) is 42.3 Å². The molecule has 0 atom stereocenters. The maximum absolute atomic E-state index is 10.9. The first-order valence-electron chi connectivity index (χ1n) is 7.60. The highest BCUT2D eigenvalue weighted by atomic mass is 16.4. The Balaban J connectivity index is 2.16. The lowest BCUT2D eigenvalue weighted by Gasteiger charge is -2.19. The highest BCUT2D eigenvalue weighted by Gasteiger charge is 2.12. The fourth-order valence-electron chi connectivity index (χ4n) is 2.18. The van der Waals surface area contributed by atoms with Gasteiger partial charge in [-0.1, -0.05) is 45.0 Å². The number of carboxylic acid groups (broad SMARTS) is 1. The van der Waals surface area contributed by atoms with Crippen LogP contribution in [0, 0.1) is 5.53 Å². The summed E-state index contributed by atoms with van der Waals surface area (Å²) in [7, 11) is 0. The minimum absolute atomic E-state index is 0.0991. The molecule has 24 heavy (non-hydrogen) atoms. The predicted molar refractivity (Wildman–Crippen MR) is 95.3 cm³/mol. The van der Waals surface area contributed by atoms with Gasteiger partial charge in [-0.05, 0) is 35.2 Å². The molecule has 0 aliphatic heterocycles. The lowest BCUT2D eigenvalue weighted by molar-refractivity contribution is 0.0697. The van der Waals surface area contributed by atoms with Gasteiger partial charge >= 0.3 is 5.97 Å². The van der Waals surface area contributed by atoms with Gasteiger partial charge in [0.15, 0.2) is 0 Å². The number of anilines is 1. The number of nitrogens with zero attached hydrogens (tertiary/aromatic N) is 1. The second-order valence-corrected chi connectivity index (χ2v) is 6.50. The summed E-state index contributed by atoms with van der Waals surface area (Å²) in [5, 5.41) is 15.5. The molecule has 5 nitrogen and oxygen atoms in total. The van der Waals surface area contributed by atoms with E-state index in [0.29, 0.717) is 11.3 Å². The molecule has 0 unspecified atom stereocenters. The van der Waals surface area contributed by atoms with E-state index in [2.05, 4.69) is 43.3 Å². The van der Waals surface area contributed by atoms with Crippen LogP contribution >= 0.6 is 0 Å². The Labute approximate surface area is 141 Å². The minimum Gasteiger partial charge on any atom is -0.478 e. The van der Waals surface area contributed by atoms with Crippen molar-refractivity contribution in [2.24, 2.45) is 5.11 Å². The third-order valence-corrected chi connectivity index (χ3v) is 3.67.